The summed E-state index contributed by atoms with van der Waals surface area (Å²) in [6.07, 6.45) is 0. The number of carbonyl (C=O) groups excluding carboxylic acids is 1. The first-order chi connectivity index (χ1) is 10.7. The van der Waals surface area contributed by atoms with Crippen LogP contribution in [0.25, 0.3) is 0 Å². The predicted octanol–water partition coefficient (Wildman–Crippen LogP) is 5.47. The number of benzene rings is 2. The molecule has 0 unspecified atom stereocenters. The summed E-state index contributed by atoms with van der Waals surface area (Å²) >= 11 is 5.97. The number of urea groups is 1. The van der Waals surface area contributed by atoms with Gasteiger partial charge in [-0.25, -0.2) is 4.79 Å². The van der Waals surface area contributed by atoms with Crippen molar-refractivity contribution >= 4 is 29.0 Å². The minimum Gasteiger partial charge on any atom is -0.488 e. The molecule has 0 saturated heterocycles. The zero-order valence-corrected chi connectivity index (χ0v) is 14.5. The standard InChI is InChI=1S/C18H21ClN2O2/c1-12-11-14(7-10-16(12)19)21-17(22)20-13-5-8-15(9-6-13)23-18(2,3)4/h5-11H,1-4H3,(H2,20,21,22). The van der Waals surface area contributed by atoms with E-state index < -0.39 is 0 Å². The van der Waals surface area contributed by atoms with E-state index >= 15 is 0 Å². The molecule has 0 spiro atoms. The third kappa shape index (κ3) is 5.49. The van der Waals surface area contributed by atoms with Crippen LogP contribution in [0.3, 0.4) is 0 Å². The summed E-state index contributed by atoms with van der Waals surface area (Å²) in [5.74, 6) is 0.761. The van der Waals surface area contributed by atoms with Gasteiger partial charge in [-0.2, -0.15) is 0 Å². The van der Waals surface area contributed by atoms with Gasteiger partial charge in [-0.3, -0.25) is 0 Å². The van der Waals surface area contributed by atoms with E-state index in [1.54, 1.807) is 24.3 Å². The molecule has 23 heavy (non-hydrogen) atoms. The van der Waals surface area contributed by atoms with Crippen LogP contribution in [0.2, 0.25) is 5.02 Å². The number of hydrogen-bond donors (Lipinski definition) is 2. The van der Waals surface area contributed by atoms with Crippen LogP contribution in [0.15, 0.2) is 42.5 Å². The topological polar surface area (TPSA) is 50.4 Å². The van der Waals surface area contributed by atoms with Crippen molar-refractivity contribution in [3.05, 3.63) is 53.1 Å². The van der Waals surface area contributed by atoms with Crippen molar-refractivity contribution in [1.29, 1.82) is 0 Å². The predicted molar refractivity (Wildman–Crippen MR) is 95.7 cm³/mol. The normalized spacial score (nSPS) is 11.0. The molecule has 0 aliphatic heterocycles. The average molecular weight is 333 g/mol. The van der Waals surface area contributed by atoms with E-state index in [-0.39, 0.29) is 11.6 Å². The molecule has 0 radical (unpaired) electrons. The van der Waals surface area contributed by atoms with E-state index in [9.17, 15) is 4.79 Å². The highest BCUT2D eigenvalue weighted by molar-refractivity contribution is 6.31. The maximum Gasteiger partial charge on any atom is 0.323 e. The molecule has 122 valence electrons. The fourth-order valence-electron chi connectivity index (χ4n) is 1.98. The maximum atomic E-state index is 12.0. The Kier molecular flexibility index (Phi) is 5.16. The van der Waals surface area contributed by atoms with Crippen molar-refractivity contribution in [1.82, 2.24) is 0 Å². The zero-order chi connectivity index (χ0) is 17.0. The van der Waals surface area contributed by atoms with Gasteiger partial charge in [0.15, 0.2) is 0 Å². The van der Waals surface area contributed by atoms with E-state index in [2.05, 4.69) is 10.6 Å². The van der Waals surface area contributed by atoms with E-state index in [4.69, 9.17) is 16.3 Å². The minimum atomic E-state index is -0.309. The third-order valence-electron chi connectivity index (χ3n) is 2.95. The zero-order valence-electron chi connectivity index (χ0n) is 13.7. The van der Waals surface area contributed by atoms with Gasteiger partial charge in [0, 0.05) is 16.4 Å². The largest absolute Gasteiger partial charge is 0.488 e. The van der Waals surface area contributed by atoms with E-state index in [1.807, 2.05) is 45.9 Å². The van der Waals surface area contributed by atoms with Crippen LogP contribution >= 0.6 is 11.6 Å². The van der Waals surface area contributed by atoms with Crippen molar-refractivity contribution in [3.63, 3.8) is 0 Å². The first-order valence-electron chi connectivity index (χ1n) is 7.36. The van der Waals surface area contributed by atoms with Crippen LogP contribution in [0.1, 0.15) is 26.3 Å². The Morgan fingerprint density at radius 1 is 1.00 bits per heavy atom. The lowest BCUT2D eigenvalue weighted by atomic mass is 10.2. The first-order valence-corrected chi connectivity index (χ1v) is 7.74. The summed E-state index contributed by atoms with van der Waals surface area (Å²) in [5.41, 5.74) is 2.04. The number of carbonyl (C=O) groups is 1. The lowest BCUT2D eigenvalue weighted by molar-refractivity contribution is 0.131. The molecule has 5 heteroatoms. The molecule has 0 bridgehead atoms. The van der Waals surface area contributed by atoms with Gasteiger partial charge in [0.05, 0.1) is 0 Å². The molecular weight excluding hydrogens is 312 g/mol. The second-order valence-corrected chi connectivity index (χ2v) is 6.69. The molecule has 2 rings (SSSR count). The van der Waals surface area contributed by atoms with Crippen LogP contribution < -0.4 is 15.4 Å². The van der Waals surface area contributed by atoms with Gasteiger partial charge in [-0.1, -0.05) is 11.6 Å². The highest BCUT2D eigenvalue weighted by Gasteiger charge is 2.11. The highest BCUT2D eigenvalue weighted by atomic mass is 35.5. The molecule has 2 amide bonds. The smallest absolute Gasteiger partial charge is 0.323 e. The van der Waals surface area contributed by atoms with Crippen molar-refractivity contribution in [3.8, 4) is 5.75 Å². The molecule has 0 atom stereocenters. The molecule has 0 heterocycles. The van der Waals surface area contributed by atoms with Crippen molar-refractivity contribution in [2.24, 2.45) is 0 Å². The lowest BCUT2D eigenvalue weighted by Crippen LogP contribution is -2.23. The van der Waals surface area contributed by atoms with E-state index in [0.29, 0.717) is 16.4 Å². The van der Waals surface area contributed by atoms with Gasteiger partial charge in [-0.05, 0) is 75.7 Å². The van der Waals surface area contributed by atoms with Crippen LogP contribution in [-0.2, 0) is 0 Å². The Labute approximate surface area is 141 Å². The number of nitrogens with one attached hydrogen (secondary N) is 2. The van der Waals surface area contributed by atoms with Crippen LogP contribution in [0, 0.1) is 6.92 Å². The number of aryl methyl sites for hydroxylation is 1. The molecule has 4 nitrogen and oxygen atoms in total. The maximum absolute atomic E-state index is 12.0. The fourth-order valence-corrected chi connectivity index (χ4v) is 2.09. The van der Waals surface area contributed by atoms with Crippen molar-refractivity contribution in [2.75, 3.05) is 10.6 Å². The molecule has 0 aliphatic carbocycles. The molecule has 0 saturated carbocycles. The Bertz CT molecular complexity index is 691. The number of anilines is 2. The van der Waals surface area contributed by atoms with Crippen molar-refractivity contribution < 1.29 is 9.53 Å². The molecule has 2 N–H and O–H groups in total. The fraction of sp³-hybridized carbons (Fsp3) is 0.278. The number of ether oxygens (including phenoxy) is 1. The van der Waals surface area contributed by atoms with Gasteiger partial charge >= 0.3 is 6.03 Å². The average Bonchev–Trinajstić information content (AvgIpc) is 2.43. The Hall–Kier alpha value is -2.20. The van der Waals surface area contributed by atoms with E-state index in [0.717, 1.165) is 11.3 Å². The summed E-state index contributed by atoms with van der Waals surface area (Å²) in [7, 11) is 0. The summed E-state index contributed by atoms with van der Waals surface area (Å²) in [6, 6.07) is 12.3. The Morgan fingerprint density at radius 2 is 1.57 bits per heavy atom. The van der Waals surface area contributed by atoms with Gasteiger partial charge in [0.2, 0.25) is 0 Å². The highest BCUT2D eigenvalue weighted by Crippen LogP contribution is 2.21. The van der Waals surface area contributed by atoms with Crippen molar-refractivity contribution in [2.45, 2.75) is 33.3 Å². The number of amides is 2. The van der Waals surface area contributed by atoms with Gasteiger partial charge < -0.3 is 15.4 Å². The lowest BCUT2D eigenvalue weighted by Gasteiger charge is -2.21. The monoisotopic (exact) mass is 332 g/mol. The SMILES string of the molecule is Cc1cc(NC(=O)Nc2ccc(OC(C)(C)C)cc2)ccc1Cl. The Balaban J connectivity index is 1.96. The number of hydrogen-bond acceptors (Lipinski definition) is 2. The Morgan fingerprint density at radius 3 is 2.13 bits per heavy atom. The van der Waals surface area contributed by atoms with E-state index in [1.165, 1.54) is 0 Å². The number of rotatable bonds is 3. The minimum absolute atomic E-state index is 0.251. The quantitative estimate of drug-likeness (QED) is 0.783. The second-order valence-electron chi connectivity index (χ2n) is 6.28. The summed E-state index contributed by atoms with van der Waals surface area (Å²) < 4.78 is 5.74. The third-order valence-corrected chi connectivity index (χ3v) is 3.38. The molecule has 2 aromatic carbocycles. The summed E-state index contributed by atoms with van der Waals surface area (Å²) in [5, 5.41) is 6.22. The summed E-state index contributed by atoms with van der Waals surface area (Å²) in [4.78, 5) is 12.0. The molecule has 2 aromatic rings. The van der Waals surface area contributed by atoms with Gasteiger partial charge in [-0.15, -0.1) is 0 Å². The molecule has 0 fully saturated rings. The van der Waals surface area contributed by atoms with Gasteiger partial charge in [0.1, 0.15) is 11.4 Å². The first kappa shape index (κ1) is 17.2. The number of halogens is 1. The second kappa shape index (κ2) is 6.92. The molecular formula is C18H21ClN2O2. The van der Waals surface area contributed by atoms with Crippen LogP contribution in [0.4, 0.5) is 16.2 Å². The van der Waals surface area contributed by atoms with Gasteiger partial charge in [0.25, 0.3) is 0 Å². The van der Waals surface area contributed by atoms with Crippen LogP contribution in [-0.4, -0.2) is 11.6 Å². The van der Waals surface area contributed by atoms with Crippen LogP contribution in [0.5, 0.6) is 5.75 Å². The summed E-state index contributed by atoms with van der Waals surface area (Å²) in [6.45, 7) is 7.85. The molecule has 0 aromatic heterocycles. The molecule has 0 aliphatic rings.